The smallest absolute Gasteiger partial charge is 0.123 e. The Balaban J connectivity index is 2.52. The van der Waals surface area contributed by atoms with Crippen LogP contribution >= 0.6 is 54.5 Å². The fourth-order valence-electron chi connectivity index (χ4n) is 1.89. The summed E-state index contributed by atoms with van der Waals surface area (Å²) in [5, 5.41) is 15.0. The van der Waals surface area contributed by atoms with Crippen LogP contribution in [0.25, 0.3) is 0 Å². The van der Waals surface area contributed by atoms with Gasteiger partial charge < -0.3 is 5.11 Å². The third-order valence-electron chi connectivity index (χ3n) is 2.79. The summed E-state index contributed by atoms with van der Waals surface area (Å²) in [6, 6.07) is 6.08. The first kappa shape index (κ1) is 15.5. The summed E-state index contributed by atoms with van der Waals surface area (Å²) in [5.74, 6) is 0. The summed E-state index contributed by atoms with van der Waals surface area (Å²) in [7, 11) is 0. The molecule has 1 unspecified atom stereocenters. The van der Waals surface area contributed by atoms with E-state index in [1.807, 2.05) is 36.7 Å². The third kappa shape index (κ3) is 3.22. The fourth-order valence-corrected chi connectivity index (χ4v) is 3.39. The van der Waals surface area contributed by atoms with Gasteiger partial charge in [-0.25, -0.2) is 0 Å². The molecule has 19 heavy (non-hydrogen) atoms. The number of hydrogen-bond donors (Lipinski definition) is 1. The molecule has 1 N–H and O–H groups in total. The summed E-state index contributed by atoms with van der Waals surface area (Å²) in [4.78, 5) is 0. The highest BCUT2D eigenvalue weighted by Gasteiger charge is 2.22. The molecule has 0 saturated carbocycles. The van der Waals surface area contributed by atoms with Crippen molar-refractivity contribution in [3.63, 3.8) is 0 Å². The molecule has 102 valence electrons. The Bertz CT molecular complexity index is 598. The topological polar surface area (TPSA) is 38.0 Å². The maximum atomic E-state index is 10.7. The summed E-state index contributed by atoms with van der Waals surface area (Å²) >= 11 is 9.15. The summed E-state index contributed by atoms with van der Waals surface area (Å²) in [6.45, 7) is 4.09. The van der Waals surface area contributed by atoms with Crippen LogP contribution in [0, 0.1) is 3.57 Å². The molecule has 3 nitrogen and oxygen atoms in total. The molecular weight excluding hydrogens is 487 g/mol. The van der Waals surface area contributed by atoms with Gasteiger partial charge in [-0.1, -0.05) is 15.9 Å². The normalized spacial score (nSPS) is 13.0. The first-order valence-electron chi connectivity index (χ1n) is 5.77. The van der Waals surface area contributed by atoms with Crippen LogP contribution in [0.3, 0.4) is 0 Å². The van der Waals surface area contributed by atoms with Gasteiger partial charge in [0.2, 0.25) is 0 Å². The molecule has 0 radical (unpaired) electrons. The molecule has 0 fully saturated rings. The van der Waals surface area contributed by atoms with Crippen molar-refractivity contribution in [2.75, 3.05) is 0 Å². The summed E-state index contributed by atoms with van der Waals surface area (Å²) < 4.78 is 4.64. The molecule has 0 saturated heterocycles. The van der Waals surface area contributed by atoms with E-state index in [2.05, 4.69) is 59.5 Å². The highest BCUT2D eigenvalue weighted by molar-refractivity contribution is 14.1. The van der Waals surface area contributed by atoms with Gasteiger partial charge in [0.05, 0.1) is 16.4 Å². The van der Waals surface area contributed by atoms with E-state index in [1.165, 1.54) is 0 Å². The van der Waals surface area contributed by atoms with E-state index in [9.17, 15) is 5.11 Å². The van der Waals surface area contributed by atoms with Crippen molar-refractivity contribution < 1.29 is 5.11 Å². The predicted octanol–water partition coefficient (Wildman–Crippen LogP) is 4.68. The fraction of sp³-hybridized carbons (Fsp3) is 0.308. The summed E-state index contributed by atoms with van der Waals surface area (Å²) in [6.07, 6.45) is 1.02. The van der Waals surface area contributed by atoms with Gasteiger partial charge in [-0.05, 0) is 70.6 Å². The van der Waals surface area contributed by atoms with Gasteiger partial charge in [-0.2, -0.15) is 5.10 Å². The lowest BCUT2D eigenvalue weighted by Crippen LogP contribution is -2.13. The quantitative estimate of drug-likeness (QED) is 0.623. The number of benzene rings is 1. The lowest BCUT2D eigenvalue weighted by Gasteiger charge is -2.18. The Morgan fingerprint density at radius 2 is 2.00 bits per heavy atom. The molecular formula is C13H13Br2IN2O. The number of aliphatic hydroxyl groups excluding tert-OH is 1. The van der Waals surface area contributed by atoms with Gasteiger partial charge in [0.25, 0.3) is 0 Å². The van der Waals surface area contributed by atoms with Crippen molar-refractivity contribution in [3.05, 3.63) is 48.2 Å². The van der Waals surface area contributed by atoms with Gasteiger partial charge in [-0.15, -0.1) is 0 Å². The van der Waals surface area contributed by atoms with E-state index >= 15 is 0 Å². The zero-order valence-electron chi connectivity index (χ0n) is 10.4. The third-order valence-corrected chi connectivity index (χ3v) is 4.87. The van der Waals surface area contributed by atoms with Crippen molar-refractivity contribution in [2.24, 2.45) is 0 Å². The lowest BCUT2D eigenvalue weighted by molar-refractivity contribution is 0.203. The second kappa shape index (κ2) is 6.24. The molecule has 1 aromatic heterocycles. The highest BCUT2D eigenvalue weighted by Crippen LogP contribution is 2.33. The van der Waals surface area contributed by atoms with Crippen LogP contribution < -0.4 is 0 Å². The Labute approximate surface area is 142 Å². The van der Waals surface area contributed by atoms with E-state index in [0.29, 0.717) is 0 Å². The SMILES string of the molecule is CC(C)n1ncc(Br)c1C(O)c1cc(Br)ccc1I. The van der Waals surface area contributed by atoms with Crippen molar-refractivity contribution >= 4 is 54.5 Å². The van der Waals surface area contributed by atoms with E-state index in [4.69, 9.17) is 0 Å². The van der Waals surface area contributed by atoms with Gasteiger partial charge in [0.15, 0.2) is 0 Å². The summed E-state index contributed by atoms with van der Waals surface area (Å²) in [5.41, 5.74) is 1.66. The molecule has 0 aliphatic heterocycles. The molecule has 0 amide bonds. The van der Waals surface area contributed by atoms with E-state index in [1.54, 1.807) is 6.20 Å². The van der Waals surface area contributed by atoms with Crippen LogP contribution in [0.4, 0.5) is 0 Å². The van der Waals surface area contributed by atoms with Crippen molar-refractivity contribution in [3.8, 4) is 0 Å². The van der Waals surface area contributed by atoms with Crippen LogP contribution in [0.15, 0.2) is 33.3 Å². The van der Waals surface area contributed by atoms with Crippen LogP contribution in [0.1, 0.15) is 37.3 Å². The number of halogens is 3. The molecule has 0 spiro atoms. The highest BCUT2D eigenvalue weighted by atomic mass is 127. The van der Waals surface area contributed by atoms with Gasteiger partial charge in [0, 0.05) is 19.6 Å². The monoisotopic (exact) mass is 498 g/mol. The van der Waals surface area contributed by atoms with E-state index in [-0.39, 0.29) is 6.04 Å². The molecule has 0 aliphatic carbocycles. The van der Waals surface area contributed by atoms with Crippen LogP contribution in [-0.4, -0.2) is 14.9 Å². The zero-order valence-corrected chi connectivity index (χ0v) is 15.8. The van der Waals surface area contributed by atoms with E-state index < -0.39 is 6.10 Å². The maximum absolute atomic E-state index is 10.7. The van der Waals surface area contributed by atoms with Gasteiger partial charge in [0.1, 0.15) is 6.10 Å². The number of aliphatic hydroxyl groups is 1. The first-order chi connectivity index (χ1) is 8.91. The molecule has 1 heterocycles. The molecule has 0 aliphatic rings. The van der Waals surface area contributed by atoms with Crippen molar-refractivity contribution in [1.29, 1.82) is 0 Å². The molecule has 2 rings (SSSR count). The van der Waals surface area contributed by atoms with E-state index in [0.717, 1.165) is 23.8 Å². The Kier molecular flexibility index (Phi) is 5.08. The second-order valence-corrected chi connectivity index (χ2v) is 7.42. The largest absolute Gasteiger partial charge is 0.382 e. The number of nitrogens with zero attached hydrogens (tertiary/aromatic N) is 2. The van der Waals surface area contributed by atoms with Crippen LogP contribution in [-0.2, 0) is 0 Å². The average Bonchev–Trinajstić information content (AvgIpc) is 2.73. The number of rotatable bonds is 3. The number of aromatic nitrogens is 2. The Morgan fingerprint density at radius 1 is 1.32 bits per heavy atom. The van der Waals surface area contributed by atoms with Crippen molar-refractivity contribution in [2.45, 2.75) is 26.0 Å². The van der Waals surface area contributed by atoms with Gasteiger partial charge >= 0.3 is 0 Å². The molecule has 1 aromatic carbocycles. The molecule has 6 heteroatoms. The average molecular weight is 500 g/mol. The molecule has 0 bridgehead atoms. The predicted molar refractivity (Wildman–Crippen MR) is 91.2 cm³/mol. The molecule has 1 atom stereocenters. The van der Waals surface area contributed by atoms with Crippen molar-refractivity contribution in [1.82, 2.24) is 9.78 Å². The maximum Gasteiger partial charge on any atom is 0.123 e. The zero-order chi connectivity index (χ0) is 14.2. The second-order valence-electron chi connectivity index (χ2n) is 4.48. The number of hydrogen-bond acceptors (Lipinski definition) is 2. The van der Waals surface area contributed by atoms with Gasteiger partial charge in [-0.3, -0.25) is 4.68 Å². The standard InChI is InChI=1S/C13H13Br2IN2O/c1-7(2)18-12(10(15)6-17-18)13(19)9-5-8(14)3-4-11(9)16/h3-7,13,19H,1-2H3. The Morgan fingerprint density at radius 3 is 2.63 bits per heavy atom. The minimum atomic E-state index is -0.705. The minimum absolute atomic E-state index is 0.195. The van der Waals surface area contributed by atoms with Crippen LogP contribution in [0.2, 0.25) is 0 Å². The lowest BCUT2D eigenvalue weighted by atomic mass is 10.1. The first-order valence-corrected chi connectivity index (χ1v) is 8.44. The van der Waals surface area contributed by atoms with Crippen LogP contribution in [0.5, 0.6) is 0 Å². The Hall–Kier alpha value is 0.0800. The minimum Gasteiger partial charge on any atom is -0.382 e. The molecule has 2 aromatic rings.